The summed E-state index contributed by atoms with van der Waals surface area (Å²) in [6.45, 7) is 4.40. The van der Waals surface area contributed by atoms with Crippen molar-refractivity contribution in [3.05, 3.63) is 57.3 Å². The van der Waals surface area contributed by atoms with Crippen molar-refractivity contribution in [3.63, 3.8) is 0 Å². The molecule has 0 unspecified atom stereocenters. The minimum Gasteiger partial charge on any atom is -0.319 e. The SMILES string of the molecule is CCCCN(C)S(=O)(=O)c1ccc(C(=O)N=c2sc3ccc(Cl)c(C)c3n2C)cc1. The first-order valence-corrected chi connectivity index (χ1v) is 12.2. The number of halogens is 1. The normalized spacial score (nSPS) is 12.8. The number of thiazole rings is 1. The van der Waals surface area contributed by atoms with Crippen LogP contribution in [0, 0.1) is 6.92 Å². The highest BCUT2D eigenvalue weighted by Crippen LogP contribution is 2.26. The number of carbonyl (C=O) groups excluding carboxylic acids is 1. The zero-order valence-corrected chi connectivity index (χ0v) is 19.7. The van der Waals surface area contributed by atoms with Gasteiger partial charge in [0.15, 0.2) is 4.80 Å². The van der Waals surface area contributed by atoms with Crippen molar-refractivity contribution in [2.24, 2.45) is 12.0 Å². The Kier molecular flexibility index (Phi) is 6.81. The van der Waals surface area contributed by atoms with Crippen LogP contribution in [0.25, 0.3) is 10.2 Å². The Morgan fingerprint density at radius 3 is 2.50 bits per heavy atom. The van der Waals surface area contributed by atoms with E-state index >= 15 is 0 Å². The van der Waals surface area contributed by atoms with Crippen LogP contribution in [0.2, 0.25) is 5.02 Å². The van der Waals surface area contributed by atoms with Gasteiger partial charge in [0.25, 0.3) is 5.91 Å². The Morgan fingerprint density at radius 1 is 1.20 bits per heavy atom. The highest BCUT2D eigenvalue weighted by molar-refractivity contribution is 7.89. The number of carbonyl (C=O) groups is 1. The van der Waals surface area contributed by atoms with E-state index in [1.54, 1.807) is 7.05 Å². The van der Waals surface area contributed by atoms with Gasteiger partial charge in [-0.05, 0) is 55.3 Å². The Labute approximate surface area is 185 Å². The van der Waals surface area contributed by atoms with Crippen molar-refractivity contribution in [2.75, 3.05) is 13.6 Å². The number of sulfonamides is 1. The summed E-state index contributed by atoms with van der Waals surface area (Å²) in [5.74, 6) is -0.427. The molecule has 3 aromatic rings. The summed E-state index contributed by atoms with van der Waals surface area (Å²) in [6, 6.07) is 9.65. The molecule has 30 heavy (non-hydrogen) atoms. The first-order valence-electron chi connectivity index (χ1n) is 9.57. The zero-order chi connectivity index (χ0) is 22.1. The summed E-state index contributed by atoms with van der Waals surface area (Å²) >= 11 is 7.62. The van der Waals surface area contributed by atoms with E-state index in [-0.39, 0.29) is 4.90 Å². The quantitative estimate of drug-likeness (QED) is 0.542. The average Bonchev–Trinajstić information content (AvgIpc) is 3.04. The van der Waals surface area contributed by atoms with Gasteiger partial charge in [-0.15, -0.1) is 0 Å². The molecule has 0 atom stereocenters. The number of hydrogen-bond acceptors (Lipinski definition) is 4. The third kappa shape index (κ3) is 4.37. The fraction of sp³-hybridized carbons (Fsp3) is 0.333. The fourth-order valence-electron chi connectivity index (χ4n) is 3.11. The lowest BCUT2D eigenvalue weighted by Crippen LogP contribution is -2.27. The largest absolute Gasteiger partial charge is 0.319 e. The number of nitrogens with zero attached hydrogens (tertiary/aromatic N) is 3. The van der Waals surface area contributed by atoms with E-state index in [2.05, 4.69) is 4.99 Å². The maximum absolute atomic E-state index is 12.7. The van der Waals surface area contributed by atoms with E-state index in [0.717, 1.165) is 28.6 Å². The number of aryl methyl sites for hydroxylation is 2. The summed E-state index contributed by atoms with van der Waals surface area (Å²) in [5.41, 5.74) is 2.21. The Hall–Kier alpha value is -2.00. The maximum atomic E-state index is 12.7. The standard InChI is InChI=1S/C21H24ClN3O3S2/c1-5-6-13-24(3)30(27,28)16-9-7-15(8-10-16)20(26)23-21-25(4)19-14(2)17(22)11-12-18(19)29-21/h7-12H,5-6,13H2,1-4H3. The predicted octanol–water partition coefficient (Wildman–Crippen LogP) is 4.36. The molecule has 0 saturated carbocycles. The fourth-order valence-corrected chi connectivity index (χ4v) is 5.55. The van der Waals surface area contributed by atoms with Gasteiger partial charge in [0.05, 0.1) is 15.1 Å². The zero-order valence-electron chi connectivity index (χ0n) is 17.3. The molecule has 3 rings (SSSR count). The van der Waals surface area contributed by atoms with Gasteiger partial charge in [-0.25, -0.2) is 12.7 Å². The van der Waals surface area contributed by atoms with Crippen LogP contribution in [-0.4, -0.2) is 36.8 Å². The number of aromatic nitrogens is 1. The molecule has 0 bridgehead atoms. The van der Waals surface area contributed by atoms with Gasteiger partial charge >= 0.3 is 0 Å². The maximum Gasteiger partial charge on any atom is 0.279 e. The number of fused-ring (bicyclic) bond motifs is 1. The Balaban J connectivity index is 1.91. The molecular formula is C21H24ClN3O3S2. The van der Waals surface area contributed by atoms with Crippen molar-refractivity contribution >= 4 is 49.1 Å². The number of amides is 1. The van der Waals surface area contributed by atoms with Crippen molar-refractivity contribution < 1.29 is 13.2 Å². The molecule has 0 radical (unpaired) electrons. The van der Waals surface area contributed by atoms with Crippen LogP contribution in [0.4, 0.5) is 0 Å². The van der Waals surface area contributed by atoms with Gasteiger partial charge in [0, 0.05) is 31.2 Å². The van der Waals surface area contributed by atoms with Crippen molar-refractivity contribution in [1.82, 2.24) is 8.87 Å². The van der Waals surface area contributed by atoms with Crippen LogP contribution < -0.4 is 4.80 Å². The first-order chi connectivity index (χ1) is 14.2. The number of benzene rings is 2. The van der Waals surface area contributed by atoms with Crippen LogP contribution in [0.15, 0.2) is 46.3 Å². The molecule has 0 aliphatic heterocycles. The molecule has 0 aliphatic carbocycles. The number of hydrogen-bond donors (Lipinski definition) is 0. The van der Waals surface area contributed by atoms with E-state index in [4.69, 9.17) is 11.6 Å². The van der Waals surface area contributed by atoms with Crippen LogP contribution in [0.1, 0.15) is 35.7 Å². The minimum absolute atomic E-state index is 0.162. The minimum atomic E-state index is -3.57. The molecule has 0 fully saturated rings. The van der Waals surface area contributed by atoms with E-state index in [1.807, 2.05) is 37.6 Å². The second-order valence-electron chi connectivity index (χ2n) is 7.08. The van der Waals surface area contributed by atoms with Crippen LogP contribution in [-0.2, 0) is 17.1 Å². The topological polar surface area (TPSA) is 71.7 Å². The highest BCUT2D eigenvalue weighted by atomic mass is 35.5. The first kappa shape index (κ1) is 22.7. The molecule has 0 aliphatic rings. The van der Waals surface area contributed by atoms with Gasteiger partial charge in [0.2, 0.25) is 10.0 Å². The third-order valence-corrected chi connectivity index (χ3v) is 8.36. The van der Waals surface area contributed by atoms with Crippen molar-refractivity contribution in [1.29, 1.82) is 0 Å². The molecule has 0 spiro atoms. The molecule has 9 heteroatoms. The lowest BCUT2D eigenvalue weighted by molar-refractivity contribution is 0.0998. The van der Waals surface area contributed by atoms with Gasteiger partial charge < -0.3 is 4.57 Å². The molecule has 0 saturated heterocycles. The van der Waals surface area contributed by atoms with Gasteiger partial charge in [0.1, 0.15) is 0 Å². The van der Waals surface area contributed by atoms with Crippen molar-refractivity contribution in [2.45, 2.75) is 31.6 Å². The van der Waals surface area contributed by atoms with E-state index < -0.39 is 15.9 Å². The molecular weight excluding hydrogens is 442 g/mol. The Bertz CT molecular complexity index is 1260. The number of unbranched alkanes of at least 4 members (excludes halogenated alkanes) is 1. The number of rotatable bonds is 6. The molecule has 6 nitrogen and oxygen atoms in total. The van der Waals surface area contributed by atoms with Gasteiger partial charge in [-0.2, -0.15) is 4.99 Å². The molecule has 1 amide bonds. The van der Waals surface area contributed by atoms with Crippen LogP contribution in [0.5, 0.6) is 0 Å². The summed E-state index contributed by atoms with van der Waals surface area (Å²) in [7, 11) is -0.161. The Morgan fingerprint density at radius 2 is 1.87 bits per heavy atom. The monoisotopic (exact) mass is 465 g/mol. The average molecular weight is 466 g/mol. The van der Waals surface area contributed by atoms with Crippen LogP contribution in [0.3, 0.4) is 0 Å². The summed E-state index contributed by atoms with van der Waals surface area (Å²) < 4.78 is 29.4. The van der Waals surface area contributed by atoms with Gasteiger partial charge in [-0.1, -0.05) is 36.3 Å². The molecule has 0 N–H and O–H groups in total. The van der Waals surface area contributed by atoms with E-state index in [0.29, 0.717) is 21.9 Å². The summed E-state index contributed by atoms with van der Waals surface area (Å²) in [4.78, 5) is 17.6. The molecule has 160 valence electrons. The third-order valence-electron chi connectivity index (χ3n) is 4.98. The second kappa shape index (κ2) is 9.01. The van der Waals surface area contributed by atoms with E-state index in [1.165, 1.54) is 39.9 Å². The summed E-state index contributed by atoms with van der Waals surface area (Å²) in [6.07, 6.45) is 1.71. The highest BCUT2D eigenvalue weighted by Gasteiger charge is 2.20. The molecule has 2 aromatic carbocycles. The second-order valence-corrected chi connectivity index (χ2v) is 10.5. The predicted molar refractivity (Wildman–Crippen MR) is 122 cm³/mol. The van der Waals surface area contributed by atoms with Gasteiger partial charge in [-0.3, -0.25) is 4.79 Å². The lowest BCUT2D eigenvalue weighted by Gasteiger charge is -2.16. The van der Waals surface area contributed by atoms with E-state index in [9.17, 15) is 13.2 Å². The van der Waals surface area contributed by atoms with Crippen LogP contribution >= 0.6 is 22.9 Å². The molecule has 1 heterocycles. The summed E-state index contributed by atoms with van der Waals surface area (Å²) in [5, 5.41) is 0.662. The van der Waals surface area contributed by atoms with Crippen molar-refractivity contribution in [3.8, 4) is 0 Å². The lowest BCUT2D eigenvalue weighted by atomic mass is 10.2. The smallest absolute Gasteiger partial charge is 0.279 e. The molecule has 1 aromatic heterocycles.